The molecule has 1 amide bonds. The van der Waals surface area contributed by atoms with Crippen molar-refractivity contribution in [3.05, 3.63) is 56.2 Å². The van der Waals surface area contributed by atoms with Crippen LogP contribution in [0.25, 0.3) is 0 Å². The van der Waals surface area contributed by atoms with Crippen molar-refractivity contribution in [2.45, 2.75) is 33.6 Å². The van der Waals surface area contributed by atoms with Gasteiger partial charge in [0.25, 0.3) is 5.91 Å². The second-order valence-electron chi connectivity index (χ2n) is 6.11. The highest BCUT2D eigenvalue weighted by atomic mass is 79.9. The Hall–Kier alpha value is -1.73. The zero-order valence-corrected chi connectivity index (χ0v) is 18.3. The maximum atomic E-state index is 12.1. The first-order valence-corrected chi connectivity index (χ1v) is 9.75. The molecule has 1 N–H and O–H groups in total. The van der Waals surface area contributed by atoms with Crippen LogP contribution >= 0.6 is 31.9 Å². The number of benzene rings is 1. The Labute approximate surface area is 170 Å². The molecule has 1 heterocycles. The lowest BCUT2D eigenvalue weighted by Crippen LogP contribution is -2.26. The summed E-state index contributed by atoms with van der Waals surface area (Å²) in [6.07, 6.45) is 1.68. The van der Waals surface area contributed by atoms with Crippen LogP contribution < -0.4 is 10.2 Å². The second-order valence-corrected chi connectivity index (χ2v) is 7.75. The summed E-state index contributed by atoms with van der Waals surface area (Å²) in [6, 6.07) is 7.56. The van der Waals surface area contributed by atoms with Gasteiger partial charge in [-0.3, -0.25) is 9.78 Å². The number of rotatable bonds is 6. The molecule has 2 aromatic rings. The SMILES string of the molecule is CC(=NNC(=O)COc1c(C(C)C)cc(Br)c(C)c1Br)c1ccccn1. The van der Waals surface area contributed by atoms with Crippen LogP contribution in [0.15, 0.2) is 44.5 Å². The monoisotopic (exact) mass is 481 g/mol. The van der Waals surface area contributed by atoms with E-state index in [9.17, 15) is 4.79 Å². The Balaban J connectivity index is 2.07. The summed E-state index contributed by atoms with van der Waals surface area (Å²) in [5.41, 5.74) is 5.89. The molecular formula is C19H21Br2N3O2. The highest BCUT2D eigenvalue weighted by Crippen LogP contribution is 2.40. The number of nitrogens with one attached hydrogen (secondary N) is 1. The molecule has 1 aromatic carbocycles. The van der Waals surface area contributed by atoms with E-state index in [1.165, 1.54) is 0 Å². The third kappa shape index (κ3) is 5.14. The fraction of sp³-hybridized carbons (Fsp3) is 0.316. The summed E-state index contributed by atoms with van der Waals surface area (Å²) in [5.74, 6) is 0.606. The van der Waals surface area contributed by atoms with Gasteiger partial charge in [0.2, 0.25) is 0 Å². The van der Waals surface area contributed by atoms with Gasteiger partial charge in [0.05, 0.1) is 15.9 Å². The number of halogens is 2. The van der Waals surface area contributed by atoms with Crippen LogP contribution in [0, 0.1) is 6.92 Å². The molecule has 0 fully saturated rings. The largest absolute Gasteiger partial charge is 0.482 e. The van der Waals surface area contributed by atoms with Gasteiger partial charge in [0.15, 0.2) is 6.61 Å². The average Bonchev–Trinajstić information content (AvgIpc) is 2.63. The first-order valence-electron chi connectivity index (χ1n) is 8.17. The van der Waals surface area contributed by atoms with E-state index in [4.69, 9.17) is 4.74 Å². The molecule has 2 rings (SSSR count). The quantitative estimate of drug-likeness (QED) is 0.467. The number of nitrogens with zero attached hydrogens (tertiary/aromatic N) is 2. The minimum absolute atomic E-state index is 0.127. The van der Waals surface area contributed by atoms with E-state index in [2.05, 4.69) is 61.2 Å². The Morgan fingerprint density at radius 3 is 2.69 bits per heavy atom. The summed E-state index contributed by atoms with van der Waals surface area (Å²) in [4.78, 5) is 16.3. The number of aromatic nitrogens is 1. The number of pyridine rings is 1. The van der Waals surface area contributed by atoms with Crippen LogP contribution in [0.5, 0.6) is 5.75 Å². The fourth-order valence-corrected chi connectivity index (χ4v) is 3.51. The smallest absolute Gasteiger partial charge is 0.277 e. The molecule has 0 aliphatic heterocycles. The first kappa shape index (κ1) is 20.6. The van der Waals surface area contributed by atoms with Crippen LogP contribution in [0.2, 0.25) is 0 Å². The molecule has 0 aliphatic rings. The van der Waals surface area contributed by atoms with Gasteiger partial charge >= 0.3 is 0 Å². The van der Waals surface area contributed by atoms with Crippen molar-refractivity contribution < 1.29 is 9.53 Å². The second kappa shape index (κ2) is 9.28. The van der Waals surface area contributed by atoms with E-state index in [-0.39, 0.29) is 18.4 Å². The third-order valence-corrected chi connectivity index (χ3v) is 5.56. The normalized spacial score (nSPS) is 11.6. The molecule has 26 heavy (non-hydrogen) atoms. The number of carbonyl (C=O) groups is 1. The molecule has 0 saturated heterocycles. The van der Waals surface area contributed by atoms with E-state index in [0.717, 1.165) is 20.1 Å². The zero-order valence-electron chi connectivity index (χ0n) is 15.1. The number of amides is 1. The lowest BCUT2D eigenvalue weighted by Gasteiger charge is -2.18. The maximum Gasteiger partial charge on any atom is 0.277 e. The van der Waals surface area contributed by atoms with Crippen molar-refractivity contribution >= 4 is 43.5 Å². The van der Waals surface area contributed by atoms with Crippen molar-refractivity contribution in [2.24, 2.45) is 5.10 Å². The van der Waals surface area contributed by atoms with Crippen LogP contribution in [-0.2, 0) is 4.79 Å². The lowest BCUT2D eigenvalue weighted by atomic mass is 10.0. The summed E-state index contributed by atoms with van der Waals surface area (Å²) < 4.78 is 7.64. The third-order valence-electron chi connectivity index (χ3n) is 3.78. The number of carbonyl (C=O) groups excluding carboxylic acids is 1. The van der Waals surface area contributed by atoms with Crippen molar-refractivity contribution in [3.8, 4) is 5.75 Å². The van der Waals surface area contributed by atoms with Gasteiger partial charge in [0.1, 0.15) is 5.75 Å². The van der Waals surface area contributed by atoms with Crippen molar-refractivity contribution in [1.82, 2.24) is 10.4 Å². The van der Waals surface area contributed by atoms with Gasteiger partial charge in [-0.1, -0.05) is 35.8 Å². The average molecular weight is 483 g/mol. The lowest BCUT2D eigenvalue weighted by molar-refractivity contribution is -0.123. The van der Waals surface area contributed by atoms with Crippen molar-refractivity contribution in [1.29, 1.82) is 0 Å². The van der Waals surface area contributed by atoms with Gasteiger partial charge in [-0.15, -0.1) is 0 Å². The predicted molar refractivity (Wildman–Crippen MR) is 111 cm³/mol. The summed E-state index contributed by atoms with van der Waals surface area (Å²) in [6.45, 7) is 7.80. The Kier molecular flexibility index (Phi) is 7.34. The first-order chi connectivity index (χ1) is 12.3. The van der Waals surface area contributed by atoms with Crippen molar-refractivity contribution in [3.63, 3.8) is 0 Å². The Bertz CT molecular complexity index is 821. The molecule has 0 aliphatic carbocycles. The summed E-state index contributed by atoms with van der Waals surface area (Å²) >= 11 is 7.12. The van der Waals surface area contributed by atoms with E-state index in [1.807, 2.05) is 31.2 Å². The van der Waals surface area contributed by atoms with Gasteiger partial charge < -0.3 is 4.74 Å². The molecule has 0 atom stereocenters. The summed E-state index contributed by atoms with van der Waals surface area (Å²) in [5, 5.41) is 4.07. The van der Waals surface area contributed by atoms with Crippen molar-refractivity contribution in [2.75, 3.05) is 6.61 Å². The van der Waals surface area contributed by atoms with Gasteiger partial charge in [-0.2, -0.15) is 5.10 Å². The maximum absolute atomic E-state index is 12.1. The number of hydrazone groups is 1. The van der Waals surface area contributed by atoms with E-state index in [1.54, 1.807) is 13.1 Å². The van der Waals surface area contributed by atoms with Gasteiger partial charge in [-0.05, 0) is 65.0 Å². The van der Waals surface area contributed by atoms with Crippen LogP contribution in [0.4, 0.5) is 0 Å². The highest BCUT2D eigenvalue weighted by molar-refractivity contribution is 9.11. The van der Waals surface area contributed by atoms with Gasteiger partial charge in [0, 0.05) is 10.7 Å². The molecule has 0 bridgehead atoms. The number of hydrogen-bond acceptors (Lipinski definition) is 4. The molecular weight excluding hydrogens is 462 g/mol. The molecule has 0 spiro atoms. The zero-order chi connectivity index (χ0) is 19.3. The molecule has 5 nitrogen and oxygen atoms in total. The number of hydrogen-bond donors (Lipinski definition) is 1. The minimum atomic E-state index is -0.331. The topological polar surface area (TPSA) is 63.6 Å². The van der Waals surface area contributed by atoms with Crippen LogP contribution in [-0.4, -0.2) is 23.2 Å². The minimum Gasteiger partial charge on any atom is -0.482 e. The van der Waals surface area contributed by atoms with Crippen LogP contribution in [0.3, 0.4) is 0 Å². The molecule has 0 unspecified atom stereocenters. The molecule has 7 heteroatoms. The summed E-state index contributed by atoms with van der Waals surface area (Å²) in [7, 11) is 0. The molecule has 0 saturated carbocycles. The van der Waals surface area contributed by atoms with E-state index < -0.39 is 0 Å². The molecule has 138 valence electrons. The fourth-order valence-electron chi connectivity index (χ4n) is 2.24. The van der Waals surface area contributed by atoms with Gasteiger partial charge in [-0.25, -0.2) is 5.43 Å². The van der Waals surface area contributed by atoms with E-state index in [0.29, 0.717) is 17.2 Å². The predicted octanol–water partition coefficient (Wildman–Crippen LogP) is 4.96. The Morgan fingerprint density at radius 1 is 1.35 bits per heavy atom. The molecule has 0 radical (unpaired) electrons. The van der Waals surface area contributed by atoms with E-state index >= 15 is 0 Å². The Morgan fingerprint density at radius 2 is 2.08 bits per heavy atom. The standard InChI is InChI=1S/C19H21Br2N3O2/c1-11(2)14-9-15(20)12(3)18(21)19(14)26-10-17(25)24-23-13(4)16-7-5-6-8-22-16/h5-9,11H,10H2,1-4H3,(H,24,25). The molecule has 1 aromatic heterocycles. The van der Waals surface area contributed by atoms with Crippen LogP contribution in [0.1, 0.15) is 43.5 Å². The number of ether oxygens (including phenoxy) is 1. The highest BCUT2D eigenvalue weighted by Gasteiger charge is 2.17.